The minimum Gasteiger partial charge on any atom is -0.276 e. The Labute approximate surface area is 170 Å². The highest BCUT2D eigenvalue weighted by atomic mass is 19.1. The molecule has 4 nitrogen and oxygen atoms in total. The molecule has 2 aromatic rings. The second kappa shape index (κ2) is 9.94. The number of carbonyl (C=O) groups is 1. The molecule has 3 rings (SSSR count). The zero-order chi connectivity index (χ0) is 20.8. The number of halogens is 2. The Morgan fingerprint density at radius 2 is 1.66 bits per heavy atom. The molecule has 2 atom stereocenters. The Morgan fingerprint density at radius 1 is 1.10 bits per heavy atom. The summed E-state index contributed by atoms with van der Waals surface area (Å²) in [6.07, 6.45) is 2.53. The molecule has 2 unspecified atom stereocenters. The van der Waals surface area contributed by atoms with Crippen molar-refractivity contribution in [3.63, 3.8) is 0 Å². The minimum absolute atomic E-state index is 0.0253. The van der Waals surface area contributed by atoms with Crippen LogP contribution in [0.2, 0.25) is 0 Å². The maximum absolute atomic E-state index is 13.5. The summed E-state index contributed by atoms with van der Waals surface area (Å²) in [6.45, 7) is 5.10. The summed E-state index contributed by atoms with van der Waals surface area (Å²) in [4.78, 5) is 19.1. The highest BCUT2D eigenvalue weighted by Gasteiger charge is 2.32. The van der Waals surface area contributed by atoms with Crippen molar-refractivity contribution < 1.29 is 18.4 Å². The van der Waals surface area contributed by atoms with Crippen molar-refractivity contribution in [1.29, 1.82) is 0 Å². The van der Waals surface area contributed by atoms with Gasteiger partial charge in [-0.05, 0) is 60.6 Å². The van der Waals surface area contributed by atoms with Crippen LogP contribution in [0, 0.1) is 17.6 Å². The molecular weight excluding hydrogens is 374 g/mol. The van der Waals surface area contributed by atoms with E-state index in [9.17, 15) is 13.6 Å². The molecule has 156 valence electrons. The number of amides is 1. The maximum Gasteiger partial charge on any atom is 0.240 e. The SMILES string of the molecule is CCC(ONC(C)=O)N1CCCC(C(c2ccc(F)cc2)c2ccc(F)cc2)C1. The van der Waals surface area contributed by atoms with E-state index < -0.39 is 0 Å². The predicted octanol–water partition coefficient (Wildman–Crippen LogP) is 4.61. The third-order valence-electron chi connectivity index (χ3n) is 5.51. The van der Waals surface area contributed by atoms with Gasteiger partial charge in [0.05, 0.1) is 0 Å². The van der Waals surface area contributed by atoms with Crippen molar-refractivity contribution in [2.45, 2.75) is 45.3 Å². The maximum atomic E-state index is 13.5. The average molecular weight is 402 g/mol. The van der Waals surface area contributed by atoms with Crippen LogP contribution in [0.3, 0.4) is 0 Å². The van der Waals surface area contributed by atoms with Gasteiger partial charge in [-0.2, -0.15) is 0 Å². The molecule has 29 heavy (non-hydrogen) atoms. The number of hydrogen-bond donors (Lipinski definition) is 1. The largest absolute Gasteiger partial charge is 0.276 e. The number of hydroxylamine groups is 1. The molecule has 2 aromatic carbocycles. The molecule has 6 heteroatoms. The molecule has 1 heterocycles. The van der Waals surface area contributed by atoms with Crippen LogP contribution in [-0.4, -0.2) is 30.1 Å². The third-order valence-corrected chi connectivity index (χ3v) is 5.51. The highest BCUT2D eigenvalue weighted by Crippen LogP contribution is 2.38. The zero-order valence-corrected chi connectivity index (χ0v) is 16.9. The molecule has 1 amide bonds. The predicted molar refractivity (Wildman–Crippen MR) is 108 cm³/mol. The van der Waals surface area contributed by atoms with E-state index >= 15 is 0 Å². The first-order valence-electron chi connectivity index (χ1n) is 10.1. The Bertz CT molecular complexity index is 750. The second-order valence-electron chi connectivity index (χ2n) is 7.62. The lowest BCUT2D eigenvalue weighted by atomic mass is 9.77. The van der Waals surface area contributed by atoms with Crippen molar-refractivity contribution >= 4 is 5.91 Å². The number of carbonyl (C=O) groups excluding carboxylic acids is 1. The smallest absolute Gasteiger partial charge is 0.240 e. The first-order chi connectivity index (χ1) is 14.0. The van der Waals surface area contributed by atoms with Gasteiger partial charge in [-0.15, -0.1) is 0 Å². The number of nitrogens with zero attached hydrogens (tertiary/aromatic N) is 1. The molecule has 1 fully saturated rings. The monoisotopic (exact) mass is 402 g/mol. The van der Waals surface area contributed by atoms with Crippen LogP contribution in [0.4, 0.5) is 8.78 Å². The Hall–Kier alpha value is -2.31. The topological polar surface area (TPSA) is 41.6 Å². The molecule has 0 spiro atoms. The van der Waals surface area contributed by atoms with Crippen LogP contribution in [-0.2, 0) is 9.63 Å². The molecule has 0 radical (unpaired) electrons. The molecule has 1 aliphatic rings. The van der Waals surface area contributed by atoms with Gasteiger partial charge in [-0.1, -0.05) is 31.2 Å². The van der Waals surface area contributed by atoms with Gasteiger partial charge in [0.25, 0.3) is 0 Å². The average Bonchev–Trinajstić information content (AvgIpc) is 2.72. The van der Waals surface area contributed by atoms with Gasteiger partial charge in [0.15, 0.2) is 0 Å². The standard InChI is InChI=1S/C23H28F2N2O2/c1-3-22(29-26-16(2)28)27-14-4-5-19(15-27)23(17-6-10-20(24)11-7-17)18-8-12-21(25)13-9-18/h6-13,19,22-23H,3-5,14-15H2,1-2H3,(H,26,28). The van der Waals surface area contributed by atoms with E-state index in [1.807, 2.05) is 31.2 Å². The summed E-state index contributed by atoms with van der Waals surface area (Å²) in [5.74, 6) is -0.488. The molecule has 0 aliphatic carbocycles. The fourth-order valence-corrected chi connectivity index (χ4v) is 4.22. The number of likely N-dealkylation sites (tertiary alicyclic amines) is 1. The number of hydrogen-bond acceptors (Lipinski definition) is 3. The van der Waals surface area contributed by atoms with E-state index in [0.717, 1.165) is 43.5 Å². The molecule has 0 saturated carbocycles. The van der Waals surface area contributed by atoms with Crippen molar-refractivity contribution in [3.8, 4) is 0 Å². The number of benzene rings is 2. The zero-order valence-electron chi connectivity index (χ0n) is 16.9. The summed E-state index contributed by atoms with van der Waals surface area (Å²) >= 11 is 0. The van der Waals surface area contributed by atoms with Crippen molar-refractivity contribution in [2.24, 2.45) is 5.92 Å². The first kappa shape index (κ1) is 21.4. The van der Waals surface area contributed by atoms with Gasteiger partial charge < -0.3 is 0 Å². The summed E-state index contributed by atoms with van der Waals surface area (Å²) in [6, 6.07) is 13.1. The quantitative estimate of drug-likeness (QED) is 0.688. The normalized spacial score (nSPS) is 18.6. The van der Waals surface area contributed by atoms with Gasteiger partial charge in [-0.25, -0.2) is 14.3 Å². The van der Waals surface area contributed by atoms with Crippen molar-refractivity contribution in [3.05, 3.63) is 71.3 Å². The number of rotatable bonds is 7. The lowest BCUT2D eigenvalue weighted by molar-refractivity contribution is -0.154. The van der Waals surface area contributed by atoms with Crippen molar-refractivity contribution in [2.75, 3.05) is 13.1 Å². The molecule has 1 saturated heterocycles. The van der Waals surface area contributed by atoms with Crippen LogP contribution in [0.15, 0.2) is 48.5 Å². The van der Waals surface area contributed by atoms with Crippen LogP contribution >= 0.6 is 0 Å². The molecule has 0 bridgehead atoms. The van der Waals surface area contributed by atoms with E-state index in [1.165, 1.54) is 31.2 Å². The first-order valence-corrected chi connectivity index (χ1v) is 10.1. The van der Waals surface area contributed by atoms with Gasteiger partial charge in [-0.3, -0.25) is 14.5 Å². The molecule has 1 aliphatic heterocycles. The van der Waals surface area contributed by atoms with Gasteiger partial charge >= 0.3 is 0 Å². The molecule has 0 aromatic heterocycles. The van der Waals surface area contributed by atoms with Crippen molar-refractivity contribution in [1.82, 2.24) is 10.4 Å². The summed E-state index contributed by atoms with van der Waals surface area (Å²) in [5.41, 5.74) is 4.48. The van der Waals surface area contributed by atoms with Gasteiger partial charge in [0.2, 0.25) is 5.91 Å². The molecular formula is C23H28F2N2O2. The second-order valence-corrected chi connectivity index (χ2v) is 7.62. The highest BCUT2D eigenvalue weighted by molar-refractivity contribution is 5.71. The lowest BCUT2D eigenvalue weighted by Gasteiger charge is -2.40. The minimum atomic E-state index is -0.272. The van der Waals surface area contributed by atoms with Gasteiger partial charge in [0, 0.05) is 25.9 Å². The summed E-state index contributed by atoms with van der Waals surface area (Å²) in [5, 5.41) is 0. The van der Waals surface area contributed by atoms with E-state index in [0.29, 0.717) is 0 Å². The van der Waals surface area contributed by atoms with Gasteiger partial charge in [0.1, 0.15) is 17.9 Å². The Balaban J connectivity index is 1.85. The Kier molecular flexibility index (Phi) is 7.34. The van der Waals surface area contributed by atoms with E-state index in [2.05, 4.69) is 10.4 Å². The fourth-order valence-electron chi connectivity index (χ4n) is 4.22. The lowest BCUT2D eigenvalue weighted by Crippen LogP contribution is -2.47. The van der Waals surface area contributed by atoms with E-state index in [1.54, 1.807) is 0 Å². The van der Waals surface area contributed by atoms with Crippen LogP contribution in [0.25, 0.3) is 0 Å². The summed E-state index contributed by atoms with van der Waals surface area (Å²) < 4.78 is 27.0. The fraction of sp³-hybridized carbons (Fsp3) is 0.435. The van der Waals surface area contributed by atoms with E-state index in [-0.39, 0.29) is 35.6 Å². The third kappa shape index (κ3) is 5.61. The van der Waals surface area contributed by atoms with E-state index in [4.69, 9.17) is 4.84 Å². The molecule has 1 N–H and O–H groups in total. The number of nitrogens with one attached hydrogen (secondary N) is 1. The Morgan fingerprint density at radius 3 is 2.14 bits per heavy atom. The van der Waals surface area contributed by atoms with Crippen LogP contribution in [0.5, 0.6) is 0 Å². The number of piperidine rings is 1. The van der Waals surface area contributed by atoms with Crippen LogP contribution < -0.4 is 5.48 Å². The van der Waals surface area contributed by atoms with Crippen LogP contribution in [0.1, 0.15) is 50.2 Å². The summed E-state index contributed by atoms with van der Waals surface area (Å²) in [7, 11) is 0.